The summed E-state index contributed by atoms with van der Waals surface area (Å²) in [6.45, 7) is 0.493. The van der Waals surface area contributed by atoms with Gasteiger partial charge in [-0.15, -0.1) is 0 Å². The molecule has 0 saturated carbocycles. The third-order valence-corrected chi connectivity index (χ3v) is 2.95. The molecule has 0 fully saturated rings. The van der Waals surface area contributed by atoms with Crippen LogP contribution in [-0.4, -0.2) is 33.7 Å². The van der Waals surface area contributed by atoms with Gasteiger partial charge in [0.15, 0.2) is 0 Å². The van der Waals surface area contributed by atoms with Crippen molar-refractivity contribution in [2.24, 2.45) is 0 Å². The van der Waals surface area contributed by atoms with Crippen LogP contribution >= 0.6 is 11.6 Å². The summed E-state index contributed by atoms with van der Waals surface area (Å²) in [5, 5.41) is 3.17. The largest absolute Gasteiger partial charge is 0.351 e. The lowest BCUT2D eigenvalue weighted by Crippen LogP contribution is -2.26. The lowest BCUT2D eigenvalue weighted by Gasteiger charge is -2.03. The maximum atomic E-state index is 11.5. The van der Waals surface area contributed by atoms with Crippen molar-refractivity contribution in [1.82, 2.24) is 10.3 Å². The monoisotopic (exact) mass is 260 g/mol. The van der Waals surface area contributed by atoms with Crippen LogP contribution in [0.3, 0.4) is 0 Å². The second kappa shape index (κ2) is 6.60. The van der Waals surface area contributed by atoms with Gasteiger partial charge in [0.05, 0.1) is 0 Å². The summed E-state index contributed by atoms with van der Waals surface area (Å²) < 4.78 is 10.8. The molecule has 4 nitrogen and oxygen atoms in total. The number of nitrogens with zero attached hydrogens (tertiary/aromatic N) is 1. The minimum atomic E-state index is -0.816. The van der Waals surface area contributed by atoms with Crippen LogP contribution in [0, 0.1) is 0 Å². The molecule has 1 aromatic heterocycles. The quantitative estimate of drug-likeness (QED) is 0.811. The summed E-state index contributed by atoms with van der Waals surface area (Å²) in [5.41, 5.74) is 0.296. The van der Waals surface area contributed by atoms with E-state index in [0.29, 0.717) is 29.4 Å². The molecule has 16 heavy (non-hydrogen) atoms. The lowest BCUT2D eigenvalue weighted by molar-refractivity contribution is 0.0949. The first-order valence-corrected chi connectivity index (χ1v) is 6.90. The SMILES string of the molecule is CS(=O)CCCNC(=O)c1cc(Cl)ccn1. The van der Waals surface area contributed by atoms with Gasteiger partial charge in [0.25, 0.3) is 5.91 Å². The van der Waals surface area contributed by atoms with Gasteiger partial charge in [0.1, 0.15) is 5.69 Å². The molecule has 1 aromatic rings. The number of hydrogen-bond donors (Lipinski definition) is 1. The number of pyridine rings is 1. The molecule has 0 spiro atoms. The van der Waals surface area contributed by atoms with Crippen LogP contribution in [0.1, 0.15) is 16.9 Å². The van der Waals surface area contributed by atoms with Crippen molar-refractivity contribution in [1.29, 1.82) is 0 Å². The van der Waals surface area contributed by atoms with Crippen LogP contribution in [0.25, 0.3) is 0 Å². The topological polar surface area (TPSA) is 59.1 Å². The summed E-state index contributed by atoms with van der Waals surface area (Å²) in [5.74, 6) is 0.327. The molecule has 1 N–H and O–H groups in total. The van der Waals surface area contributed by atoms with Crippen LogP contribution in [0.4, 0.5) is 0 Å². The van der Waals surface area contributed by atoms with Gasteiger partial charge in [-0.3, -0.25) is 14.0 Å². The zero-order valence-electron chi connectivity index (χ0n) is 8.90. The molecule has 0 aliphatic carbocycles. The van der Waals surface area contributed by atoms with Crippen molar-refractivity contribution >= 4 is 28.3 Å². The number of hydrogen-bond acceptors (Lipinski definition) is 3. The van der Waals surface area contributed by atoms with Crippen LogP contribution in [0.15, 0.2) is 18.3 Å². The van der Waals surface area contributed by atoms with Crippen molar-refractivity contribution in [2.75, 3.05) is 18.6 Å². The normalized spacial score (nSPS) is 12.1. The molecule has 0 aromatic carbocycles. The summed E-state index contributed by atoms with van der Waals surface area (Å²) in [6.07, 6.45) is 3.81. The standard InChI is InChI=1S/C10H13ClN2O2S/c1-16(15)6-2-4-13-10(14)9-7-8(11)3-5-12-9/h3,5,7H,2,4,6H2,1H3,(H,13,14). The predicted octanol–water partition coefficient (Wildman–Crippen LogP) is 1.23. The van der Waals surface area contributed by atoms with E-state index in [-0.39, 0.29) is 5.91 Å². The zero-order valence-corrected chi connectivity index (χ0v) is 10.5. The Morgan fingerprint density at radius 3 is 3.00 bits per heavy atom. The molecule has 0 bridgehead atoms. The Labute approximate surface area is 102 Å². The van der Waals surface area contributed by atoms with E-state index in [1.165, 1.54) is 12.3 Å². The van der Waals surface area contributed by atoms with E-state index < -0.39 is 10.8 Å². The van der Waals surface area contributed by atoms with Crippen molar-refractivity contribution in [3.05, 3.63) is 29.0 Å². The van der Waals surface area contributed by atoms with Crippen molar-refractivity contribution in [2.45, 2.75) is 6.42 Å². The van der Waals surface area contributed by atoms with Gasteiger partial charge in [-0.1, -0.05) is 11.6 Å². The smallest absolute Gasteiger partial charge is 0.269 e. The van der Waals surface area contributed by atoms with Gasteiger partial charge < -0.3 is 5.32 Å². The van der Waals surface area contributed by atoms with E-state index in [0.717, 1.165) is 0 Å². The average Bonchev–Trinajstić information content (AvgIpc) is 2.24. The summed E-state index contributed by atoms with van der Waals surface area (Å²) in [6, 6.07) is 3.12. The number of amides is 1. The molecule has 0 saturated heterocycles. The number of carbonyl (C=O) groups is 1. The van der Waals surface area contributed by atoms with Gasteiger partial charge >= 0.3 is 0 Å². The second-order valence-corrected chi connectivity index (χ2v) is 5.24. The first-order chi connectivity index (χ1) is 7.59. The minimum absolute atomic E-state index is 0.260. The van der Waals surface area contributed by atoms with Crippen molar-refractivity contribution in [3.8, 4) is 0 Å². The highest BCUT2D eigenvalue weighted by molar-refractivity contribution is 7.84. The summed E-state index contributed by atoms with van der Waals surface area (Å²) >= 11 is 5.73. The maximum absolute atomic E-state index is 11.5. The van der Waals surface area contributed by atoms with Gasteiger partial charge in [0.2, 0.25) is 0 Å². The van der Waals surface area contributed by atoms with Gasteiger partial charge in [-0.2, -0.15) is 0 Å². The van der Waals surface area contributed by atoms with Gasteiger partial charge in [0, 0.05) is 40.6 Å². The fourth-order valence-electron chi connectivity index (χ4n) is 1.10. The Hall–Kier alpha value is -0.940. The maximum Gasteiger partial charge on any atom is 0.269 e. The van der Waals surface area contributed by atoms with Crippen molar-refractivity contribution < 1.29 is 9.00 Å². The molecule has 1 unspecified atom stereocenters. The molecule has 1 heterocycles. The lowest BCUT2D eigenvalue weighted by atomic mass is 10.3. The van der Waals surface area contributed by atoms with E-state index in [2.05, 4.69) is 10.3 Å². The van der Waals surface area contributed by atoms with E-state index >= 15 is 0 Å². The number of aromatic nitrogens is 1. The fourth-order valence-corrected chi connectivity index (χ4v) is 1.81. The number of rotatable bonds is 5. The van der Waals surface area contributed by atoms with E-state index in [4.69, 9.17) is 11.6 Å². The number of halogens is 1. The third kappa shape index (κ3) is 4.72. The Kier molecular flexibility index (Phi) is 5.42. The summed E-state index contributed by atoms with van der Waals surface area (Å²) in [4.78, 5) is 15.4. The Balaban J connectivity index is 2.38. The molecule has 0 aliphatic heterocycles. The first-order valence-electron chi connectivity index (χ1n) is 4.79. The van der Waals surface area contributed by atoms with Crippen LogP contribution < -0.4 is 5.32 Å². The second-order valence-electron chi connectivity index (χ2n) is 3.25. The Bertz CT molecular complexity index is 398. The minimum Gasteiger partial charge on any atom is -0.351 e. The predicted molar refractivity (Wildman–Crippen MR) is 65.1 cm³/mol. The molecule has 1 atom stereocenters. The first kappa shape index (κ1) is 13.1. The number of nitrogens with one attached hydrogen (secondary N) is 1. The van der Waals surface area contributed by atoms with E-state index in [9.17, 15) is 9.00 Å². The van der Waals surface area contributed by atoms with E-state index in [1.807, 2.05) is 0 Å². The third-order valence-electron chi connectivity index (χ3n) is 1.85. The highest BCUT2D eigenvalue weighted by Crippen LogP contribution is 2.07. The zero-order chi connectivity index (χ0) is 12.0. The Morgan fingerprint density at radius 2 is 2.38 bits per heavy atom. The van der Waals surface area contributed by atoms with Crippen LogP contribution in [0.5, 0.6) is 0 Å². The highest BCUT2D eigenvalue weighted by atomic mass is 35.5. The molecule has 0 aliphatic rings. The van der Waals surface area contributed by atoms with Gasteiger partial charge in [-0.25, -0.2) is 0 Å². The van der Waals surface area contributed by atoms with E-state index in [1.54, 1.807) is 12.3 Å². The molecular formula is C10H13ClN2O2S. The van der Waals surface area contributed by atoms with Crippen LogP contribution in [-0.2, 0) is 10.8 Å². The summed E-state index contributed by atoms with van der Waals surface area (Å²) in [7, 11) is -0.816. The molecule has 6 heteroatoms. The molecular weight excluding hydrogens is 248 g/mol. The highest BCUT2D eigenvalue weighted by Gasteiger charge is 2.06. The van der Waals surface area contributed by atoms with Gasteiger partial charge in [-0.05, 0) is 18.6 Å². The molecule has 1 amide bonds. The van der Waals surface area contributed by atoms with Crippen LogP contribution in [0.2, 0.25) is 5.02 Å². The number of carbonyl (C=O) groups excluding carboxylic acids is 1. The van der Waals surface area contributed by atoms with Crippen molar-refractivity contribution in [3.63, 3.8) is 0 Å². The molecule has 0 radical (unpaired) electrons. The molecule has 1 rings (SSSR count). The Morgan fingerprint density at radius 1 is 1.62 bits per heavy atom. The molecule has 88 valence electrons. The average molecular weight is 261 g/mol. The fraction of sp³-hybridized carbons (Fsp3) is 0.400.